The number of carbonyl (C=O) groups excluding carboxylic acids is 1. The number of ether oxygens (including phenoxy) is 1. The van der Waals surface area contributed by atoms with Gasteiger partial charge in [-0.1, -0.05) is 0 Å². The van der Waals surface area contributed by atoms with Crippen LogP contribution in [0.5, 0.6) is 5.75 Å². The van der Waals surface area contributed by atoms with E-state index in [0.717, 1.165) is 22.6 Å². The van der Waals surface area contributed by atoms with Gasteiger partial charge in [-0.05, 0) is 19.1 Å². The zero-order chi connectivity index (χ0) is 18.5. The van der Waals surface area contributed by atoms with Crippen LogP contribution in [-0.2, 0) is 6.42 Å². The molecule has 2 heterocycles. The first-order valence-electron chi connectivity index (χ1n) is 8.56. The fourth-order valence-corrected chi connectivity index (χ4v) is 2.67. The highest BCUT2D eigenvalue weighted by atomic mass is 16.5. The standard InChI is InChI=1S/C18H24N6O2/c1-13(24-9-7-19-12-24)11-20-18(25)23(2)8-6-17-21-15-5-4-14(26-3)10-16(15)22-17/h4-5,7,9-10,12-13H,6,8,11H2,1-3H3,(H,20,25)(H,21,22)/t13-/m1/s1. The number of amides is 2. The number of aromatic amines is 1. The number of hydrogen-bond donors (Lipinski definition) is 2. The average Bonchev–Trinajstić information content (AvgIpc) is 3.32. The zero-order valence-corrected chi connectivity index (χ0v) is 15.3. The second-order valence-electron chi connectivity index (χ2n) is 6.28. The molecule has 2 N–H and O–H groups in total. The minimum Gasteiger partial charge on any atom is -0.497 e. The SMILES string of the molecule is COc1ccc2nc(CCN(C)C(=O)NC[C@@H](C)n3ccnc3)[nH]c2c1. The lowest BCUT2D eigenvalue weighted by atomic mass is 10.3. The molecule has 0 spiro atoms. The van der Waals surface area contributed by atoms with Crippen molar-refractivity contribution in [3.63, 3.8) is 0 Å². The van der Waals surface area contributed by atoms with E-state index in [1.807, 2.05) is 35.9 Å². The topological polar surface area (TPSA) is 88.1 Å². The molecule has 0 saturated carbocycles. The number of benzene rings is 1. The van der Waals surface area contributed by atoms with Crippen LogP contribution in [0.15, 0.2) is 36.9 Å². The monoisotopic (exact) mass is 356 g/mol. The van der Waals surface area contributed by atoms with Crippen LogP contribution in [0, 0.1) is 0 Å². The van der Waals surface area contributed by atoms with Crippen molar-refractivity contribution in [2.45, 2.75) is 19.4 Å². The van der Waals surface area contributed by atoms with Crippen LogP contribution in [0.2, 0.25) is 0 Å². The lowest BCUT2D eigenvalue weighted by Crippen LogP contribution is -2.40. The van der Waals surface area contributed by atoms with Crippen molar-refractivity contribution in [3.05, 3.63) is 42.7 Å². The van der Waals surface area contributed by atoms with E-state index in [1.165, 1.54) is 0 Å². The summed E-state index contributed by atoms with van der Waals surface area (Å²) in [4.78, 5) is 25.7. The molecule has 138 valence electrons. The van der Waals surface area contributed by atoms with Gasteiger partial charge in [0.2, 0.25) is 0 Å². The van der Waals surface area contributed by atoms with Crippen LogP contribution in [0.3, 0.4) is 0 Å². The predicted molar refractivity (Wildman–Crippen MR) is 99.3 cm³/mol. The minimum atomic E-state index is -0.102. The largest absolute Gasteiger partial charge is 0.497 e. The molecule has 2 aromatic heterocycles. The van der Waals surface area contributed by atoms with Gasteiger partial charge in [0.1, 0.15) is 11.6 Å². The quantitative estimate of drug-likeness (QED) is 0.679. The molecule has 3 aromatic rings. The fourth-order valence-electron chi connectivity index (χ4n) is 2.67. The third-order valence-corrected chi connectivity index (χ3v) is 4.35. The number of fused-ring (bicyclic) bond motifs is 1. The van der Waals surface area contributed by atoms with Crippen LogP contribution < -0.4 is 10.1 Å². The first kappa shape index (κ1) is 17.8. The first-order valence-corrected chi connectivity index (χ1v) is 8.56. The van der Waals surface area contributed by atoms with Gasteiger partial charge in [-0.2, -0.15) is 0 Å². The number of H-pyrrole nitrogens is 1. The van der Waals surface area contributed by atoms with Crippen LogP contribution in [0.25, 0.3) is 11.0 Å². The number of carbonyl (C=O) groups is 1. The zero-order valence-electron chi connectivity index (χ0n) is 15.3. The molecule has 3 rings (SSSR count). The summed E-state index contributed by atoms with van der Waals surface area (Å²) in [5.41, 5.74) is 1.82. The average molecular weight is 356 g/mol. The van der Waals surface area contributed by atoms with Crippen molar-refractivity contribution in [2.75, 3.05) is 27.2 Å². The third kappa shape index (κ3) is 4.14. The lowest BCUT2D eigenvalue weighted by molar-refractivity contribution is 0.207. The predicted octanol–water partition coefficient (Wildman–Crippen LogP) is 2.21. The number of urea groups is 1. The number of nitrogens with zero attached hydrogens (tertiary/aromatic N) is 4. The van der Waals surface area contributed by atoms with Gasteiger partial charge < -0.3 is 24.5 Å². The molecule has 0 bridgehead atoms. The van der Waals surface area contributed by atoms with E-state index in [0.29, 0.717) is 19.5 Å². The summed E-state index contributed by atoms with van der Waals surface area (Å²) in [6.07, 6.45) is 6.01. The van der Waals surface area contributed by atoms with Gasteiger partial charge in [0, 0.05) is 51.1 Å². The lowest BCUT2D eigenvalue weighted by Gasteiger charge is -2.20. The van der Waals surface area contributed by atoms with Gasteiger partial charge >= 0.3 is 6.03 Å². The van der Waals surface area contributed by atoms with Crippen LogP contribution in [-0.4, -0.2) is 57.7 Å². The van der Waals surface area contributed by atoms with E-state index in [1.54, 1.807) is 31.6 Å². The maximum Gasteiger partial charge on any atom is 0.317 e. The first-order chi connectivity index (χ1) is 12.6. The summed E-state index contributed by atoms with van der Waals surface area (Å²) >= 11 is 0. The van der Waals surface area contributed by atoms with Crippen LogP contribution in [0.1, 0.15) is 18.8 Å². The smallest absolute Gasteiger partial charge is 0.317 e. The van der Waals surface area contributed by atoms with E-state index in [9.17, 15) is 4.79 Å². The second-order valence-corrected chi connectivity index (χ2v) is 6.28. The highest BCUT2D eigenvalue weighted by Gasteiger charge is 2.12. The molecule has 0 fully saturated rings. The number of likely N-dealkylation sites (N-methyl/N-ethyl adjacent to an activating group) is 1. The molecule has 1 aromatic carbocycles. The van der Waals surface area contributed by atoms with Gasteiger partial charge in [-0.15, -0.1) is 0 Å². The molecular formula is C18H24N6O2. The second kappa shape index (κ2) is 7.90. The molecule has 2 amide bonds. The third-order valence-electron chi connectivity index (χ3n) is 4.35. The minimum absolute atomic E-state index is 0.102. The number of methoxy groups -OCH3 is 1. The summed E-state index contributed by atoms with van der Waals surface area (Å²) in [6, 6.07) is 5.77. The maximum atomic E-state index is 12.2. The fraction of sp³-hybridized carbons (Fsp3) is 0.389. The van der Waals surface area contributed by atoms with E-state index >= 15 is 0 Å². The Morgan fingerprint density at radius 2 is 2.31 bits per heavy atom. The van der Waals surface area contributed by atoms with Gasteiger partial charge in [0.05, 0.1) is 24.5 Å². The Hall–Kier alpha value is -3.03. The summed E-state index contributed by atoms with van der Waals surface area (Å²) in [5.74, 6) is 1.64. The highest BCUT2D eigenvalue weighted by Crippen LogP contribution is 2.18. The molecule has 0 aliphatic carbocycles. The van der Waals surface area contributed by atoms with E-state index < -0.39 is 0 Å². The maximum absolute atomic E-state index is 12.2. The van der Waals surface area contributed by atoms with Crippen LogP contribution >= 0.6 is 0 Å². The molecule has 0 saturated heterocycles. The van der Waals surface area contributed by atoms with Crippen molar-refractivity contribution in [1.82, 2.24) is 29.7 Å². The molecule has 0 radical (unpaired) electrons. The molecule has 8 nitrogen and oxygen atoms in total. The summed E-state index contributed by atoms with van der Waals surface area (Å²) in [5, 5.41) is 2.94. The Balaban J connectivity index is 1.49. The number of aromatic nitrogens is 4. The Bertz CT molecular complexity index is 858. The number of hydrogen-bond acceptors (Lipinski definition) is 4. The Morgan fingerprint density at radius 1 is 1.46 bits per heavy atom. The molecule has 0 aliphatic heterocycles. The molecule has 8 heteroatoms. The van der Waals surface area contributed by atoms with Gasteiger partial charge in [0.15, 0.2) is 0 Å². The van der Waals surface area contributed by atoms with E-state index in [2.05, 4.69) is 20.3 Å². The summed E-state index contributed by atoms with van der Waals surface area (Å²) in [6.45, 7) is 3.15. The molecular weight excluding hydrogens is 332 g/mol. The van der Waals surface area contributed by atoms with Crippen molar-refractivity contribution >= 4 is 17.1 Å². The Morgan fingerprint density at radius 3 is 3.04 bits per heavy atom. The van der Waals surface area contributed by atoms with Crippen molar-refractivity contribution < 1.29 is 9.53 Å². The van der Waals surface area contributed by atoms with E-state index in [-0.39, 0.29) is 12.1 Å². The van der Waals surface area contributed by atoms with E-state index in [4.69, 9.17) is 4.74 Å². The number of rotatable bonds is 7. The molecule has 0 aliphatic rings. The van der Waals surface area contributed by atoms with Gasteiger partial charge in [-0.25, -0.2) is 14.8 Å². The Kier molecular flexibility index (Phi) is 5.40. The molecule has 26 heavy (non-hydrogen) atoms. The van der Waals surface area contributed by atoms with Gasteiger partial charge in [-0.3, -0.25) is 0 Å². The number of nitrogens with one attached hydrogen (secondary N) is 2. The molecule has 0 unspecified atom stereocenters. The van der Waals surface area contributed by atoms with Crippen molar-refractivity contribution in [1.29, 1.82) is 0 Å². The van der Waals surface area contributed by atoms with Crippen molar-refractivity contribution in [3.8, 4) is 5.75 Å². The van der Waals surface area contributed by atoms with Gasteiger partial charge in [0.25, 0.3) is 0 Å². The van der Waals surface area contributed by atoms with Crippen molar-refractivity contribution in [2.24, 2.45) is 0 Å². The Labute approximate surface area is 152 Å². The molecule has 1 atom stereocenters. The number of imidazole rings is 2. The summed E-state index contributed by atoms with van der Waals surface area (Å²) in [7, 11) is 3.42. The summed E-state index contributed by atoms with van der Waals surface area (Å²) < 4.78 is 7.18. The highest BCUT2D eigenvalue weighted by molar-refractivity contribution is 5.77. The van der Waals surface area contributed by atoms with Crippen LogP contribution in [0.4, 0.5) is 4.79 Å². The normalized spacial score (nSPS) is 12.1.